The van der Waals surface area contributed by atoms with Crippen LogP contribution in [0.3, 0.4) is 0 Å². The van der Waals surface area contributed by atoms with E-state index in [4.69, 9.17) is 4.98 Å². The Morgan fingerprint density at radius 1 is 1.17 bits per heavy atom. The predicted molar refractivity (Wildman–Crippen MR) is 117 cm³/mol. The fraction of sp³-hybridized carbons (Fsp3) is 0.364. The normalized spacial score (nSPS) is 16.9. The van der Waals surface area contributed by atoms with Crippen LogP contribution in [0.1, 0.15) is 38.6 Å². The molecule has 1 saturated heterocycles. The molecule has 148 valence electrons. The molecular weight excluding hydrogens is 380 g/mol. The minimum absolute atomic E-state index is 0.203. The third-order valence-corrected chi connectivity index (χ3v) is 6.49. The summed E-state index contributed by atoms with van der Waals surface area (Å²) in [7, 11) is 0. The number of fused-ring (bicyclic) bond motifs is 1. The summed E-state index contributed by atoms with van der Waals surface area (Å²) >= 11 is 1.72. The van der Waals surface area contributed by atoms with Crippen LogP contribution in [0.25, 0.3) is 20.7 Å². The van der Waals surface area contributed by atoms with Gasteiger partial charge >= 0.3 is 0 Å². The first-order chi connectivity index (χ1) is 14.2. The number of thiophene rings is 1. The van der Waals surface area contributed by atoms with E-state index in [-0.39, 0.29) is 6.04 Å². The van der Waals surface area contributed by atoms with Crippen molar-refractivity contribution in [3.63, 3.8) is 0 Å². The molecule has 0 radical (unpaired) electrons. The lowest BCUT2D eigenvalue weighted by molar-refractivity contribution is 0.487. The van der Waals surface area contributed by atoms with E-state index in [1.165, 1.54) is 10.4 Å². The highest BCUT2D eigenvalue weighted by Crippen LogP contribution is 2.41. The molecule has 1 atom stereocenters. The number of benzene rings is 1. The van der Waals surface area contributed by atoms with Gasteiger partial charge in [-0.1, -0.05) is 44.2 Å². The molecule has 0 bridgehead atoms. The standard InChI is InChI=1S/C22H24N6S/c1-15(2)12-27-14-25-26-21(27)18-9-6-10-28(18)20-17-11-19(16-7-4-3-5-8-16)29-22(17)24-13-23-20/h3-5,7-8,11,13-15,18H,6,9-10,12H2,1-2H3. The van der Waals surface area contributed by atoms with Gasteiger partial charge in [-0.05, 0) is 30.4 Å². The molecule has 4 heterocycles. The van der Waals surface area contributed by atoms with Gasteiger partial charge in [-0.3, -0.25) is 0 Å². The van der Waals surface area contributed by atoms with Crippen LogP contribution in [0.5, 0.6) is 0 Å². The topological polar surface area (TPSA) is 59.7 Å². The molecule has 0 spiro atoms. The lowest BCUT2D eigenvalue weighted by Gasteiger charge is -2.26. The number of hydrogen-bond donors (Lipinski definition) is 0. The molecule has 1 unspecified atom stereocenters. The highest BCUT2D eigenvalue weighted by atomic mass is 32.1. The van der Waals surface area contributed by atoms with Crippen molar-refractivity contribution < 1.29 is 0 Å². The van der Waals surface area contributed by atoms with Crippen molar-refractivity contribution in [1.82, 2.24) is 24.7 Å². The van der Waals surface area contributed by atoms with E-state index in [2.05, 4.69) is 68.8 Å². The minimum atomic E-state index is 0.203. The Kier molecular flexibility index (Phi) is 4.75. The van der Waals surface area contributed by atoms with E-state index in [0.29, 0.717) is 5.92 Å². The first-order valence-corrected chi connectivity index (χ1v) is 11.0. The maximum Gasteiger partial charge on any atom is 0.155 e. The van der Waals surface area contributed by atoms with Crippen molar-refractivity contribution in [3.8, 4) is 10.4 Å². The van der Waals surface area contributed by atoms with E-state index >= 15 is 0 Å². The number of aromatic nitrogens is 5. The largest absolute Gasteiger partial charge is 0.346 e. The average Bonchev–Trinajstić information content (AvgIpc) is 3.46. The Bertz CT molecular complexity index is 1120. The summed E-state index contributed by atoms with van der Waals surface area (Å²) in [5.41, 5.74) is 1.22. The van der Waals surface area contributed by atoms with Gasteiger partial charge < -0.3 is 9.47 Å². The van der Waals surface area contributed by atoms with Gasteiger partial charge in [-0.2, -0.15) is 0 Å². The number of anilines is 1. The summed E-state index contributed by atoms with van der Waals surface area (Å²) in [4.78, 5) is 13.9. The smallest absolute Gasteiger partial charge is 0.155 e. The molecule has 0 saturated carbocycles. The summed E-state index contributed by atoms with van der Waals surface area (Å²) in [6.07, 6.45) is 5.75. The van der Waals surface area contributed by atoms with Crippen LogP contribution in [-0.2, 0) is 6.54 Å². The molecule has 5 rings (SSSR count). The fourth-order valence-corrected chi connectivity index (χ4v) is 5.16. The molecule has 1 aliphatic heterocycles. The van der Waals surface area contributed by atoms with Crippen molar-refractivity contribution in [2.45, 2.75) is 39.3 Å². The van der Waals surface area contributed by atoms with Gasteiger partial charge in [-0.15, -0.1) is 21.5 Å². The lowest BCUT2D eigenvalue weighted by Crippen LogP contribution is -2.26. The molecule has 0 aliphatic carbocycles. The minimum Gasteiger partial charge on any atom is -0.346 e. The van der Waals surface area contributed by atoms with Crippen molar-refractivity contribution in [3.05, 3.63) is 54.9 Å². The average molecular weight is 405 g/mol. The SMILES string of the molecule is CC(C)Cn1cnnc1C1CCCN1c1ncnc2sc(-c3ccccc3)cc12. The summed E-state index contributed by atoms with van der Waals surface area (Å²) in [5, 5.41) is 9.82. The first kappa shape index (κ1) is 18.2. The van der Waals surface area contributed by atoms with E-state index in [1.54, 1.807) is 17.7 Å². The van der Waals surface area contributed by atoms with Gasteiger partial charge in [0.1, 0.15) is 23.3 Å². The Morgan fingerprint density at radius 2 is 2.03 bits per heavy atom. The lowest BCUT2D eigenvalue weighted by atomic mass is 10.1. The summed E-state index contributed by atoms with van der Waals surface area (Å²) < 4.78 is 2.20. The van der Waals surface area contributed by atoms with E-state index in [1.807, 2.05) is 12.4 Å². The highest BCUT2D eigenvalue weighted by Gasteiger charge is 2.32. The Labute approximate surface area is 174 Å². The molecule has 6 nitrogen and oxygen atoms in total. The van der Waals surface area contributed by atoms with E-state index < -0.39 is 0 Å². The van der Waals surface area contributed by atoms with Gasteiger partial charge in [0.2, 0.25) is 0 Å². The number of nitrogens with zero attached hydrogens (tertiary/aromatic N) is 6. The van der Waals surface area contributed by atoms with Crippen LogP contribution in [0.15, 0.2) is 49.1 Å². The van der Waals surface area contributed by atoms with Gasteiger partial charge in [0.05, 0.1) is 11.4 Å². The molecule has 0 amide bonds. The third-order valence-electron chi connectivity index (χ3n) is 5.40. The molecular formula is C22H24N6S. The molecule has 1 aliphatic rings. The van der Waals surface area contributed by atoms with E-state index in [0.717, 1.165) is 47.8 Å². The maximum atomic E-state index is 4.71. The quantitative estimate of drug-likeness (QED) is 0.471. The Morgan fingerprint density at radius 3 is 2.86 bits per heavy atom. The van der Waals surface area contributed by atoms with Gasteiger partial charge in [-0.25, -0.2) is 9.97 Å². The number of hydrogen-bond acceptors (Lipinski definition) is 6. The first-order valence-electron chi connectivity index (χ1n) is 10.1. The van der Waals surface area contributed by atoms with Crippen LogP contribution in [0.2, 0.25) is 0 Å². The molecule has 0 N–H and O–H groups in total. The molecule has 29 heavy (non-hydrogen) atoms. The Balaban J connectivity index is 1.55. The third kappa shape index (κ3) is 3.40. The van der Waals surface area contributed by atoms with Crippen LogP contribution in [0.4, 0.5) is 5.82 Å². The molecule has 4 aromatic rings. The van der Waals surface area contributed by atoms with Crippen molar-refractivity contribution >= 4 is 27.4 Å². The summed E-state index contributed by atoms with van der Waals surface area (Å²) in [6.45, 7) is 6.35. The fourth-order valence-electron chi connectivity index (χ4n) is 4.16. The monoisotopic (exact) mass is 404 g/mol. The van der Waals surface area contributed by atoms with Crippen LogP contribution >= 0.6 is 11.3 Å². The predicted octanol–water partition coefficient (Wildman–Crippen LogP) is 4.95. The zero-order chi connectivity index (χ0) is 19.8. The van der Waals surface area contributed by atoms with Crippen molar-refractivity contribution in [1.29, 1.82) is 0 Å². The molecule has 3 aromatic heterocycles. The van der Waals surface area contributed by atoms with Crippen LogP contribution in [0, 0.1) is 5.92 Å². The van der Waals surface area contributed by atoms with Crippen LogP contribution in [-0.4, -0.2) is 31.3 Å². The molecule has 7 heteroatoms. The second-order valence-corrected chi connectivity index (χ2v) is 9.01. The second-order valence-electron chi connectivity index (χ2n) is 7.98. The van der Waals surface area contributed by atoms with E-state index in [9.17, 15) is 0 Å². The zero-order valence-corrected chi connectivity index (χ0v) is 17.5. The highest BCUT2D eigenvalue weighted by molar-refractivity contribution is 7.21. The number of rotatable bonds is 5. The molecule has 1 fully saturated rings. The second kappa shape index (κ2) is 7.55. The van der Waals surface area contributed by atoms with Gasteiger partial charge in [0.25, 0.3) is 0 Å². The molecule has 1 aromatic carbocycles. The Hall–Kier alpha value is -2.80. The van der Waals surface area contributed by atoms with Crippen molar-refractivity contribution in [2.75, 3.05) is 11.4 Å². The van der Waals surface area contributed by atoms with Gasteiger partial charge in [0, 0.05) is 18.0 Å². The summed E-state index contributed by atoms with van der Waals surface area (Å²) in [6, 6.07) is 12.9. The van der Waals surface area contributed by atoms with Crippen LogP contribution < -0.4 is 4.90 Å². The summed E-state index contributed by atoms with van der Waals surface area (Å²) in [5.74, 6) is 2.60. The van der Waals surface area contributed by atoms with Gasteiger partial charge in [0.15, 0.2) is 5.82 Å². The zero-order valence-electron chi connectivity index (χ0n) is 16.7. The van der Waals surface area contributed by atoms with Crippen molar-refractivity contribution in [2.24, 2.45) is 5.92 Å². The maximum absolute atomic E-state index is 4.71.